The summed E-state index contributed by atoms with van der Waals surface area (Å²) in [5, 5.41) is 10.1. The van der Waals surface area contributed by atoms with Crippen LogP contribution in [0.15, 0.2) is 24.3 Å². The number of rotatable bonds is 3. The first-order valence-electron chi connectivity index (χ1n) is 8.03. The van der Waals surface area contributed by atoms with Gasteiger partial charge in [0.05, 0.1) is 11.5 Å². The highest BCUT2D eigenvalue weighted by atomic mass is 16.5. The van der Waals surface area contributed by atoms with Gasteiger partial charge in [0.2, 0.25) is 0 Å². The standard InChI is InChI=1S/C18H24O3/c1-21-15-9-4-8-14(12-15)18(17(19)20)11-5-7-13-6-2-3-10-16(13)18/h2-3,6,10,14-15H,4-5,7-9,11-12H2,1H3,(H,19,20). The van der Waals surface area contributed by atoms with Gasteiger partial charge in [-0.25, -0.2) is 0 Å². The van der Waals surface area contributed by atoms with Crippen molar-refractivity contribution in [3.8, 4) is 0 Å². The Morgan fingerprint density at radius 1 is 1.29 bits per heavy atom. The van der Waals surface area contributed by atoms with Crippen molar-refractivity contribution in [3.63, 3.8) is 0 Å². The molecule has 1 saturated carbocycles. The minimum atomic E-state index is -0.702. The molecule has 0 amide bonds. The molecule has 1 aromatic rings. The number of aliphatic carboxylic acids is 1. The Balaban J connectivity index is 2.03. The Hall–Kier alpha value is -1.35. The van der Waals surface area contributed by atoms with Crippen molar-refractivity contribution >= 4 is 5.97 Å². The number of ether oxygens (including phenoxy) is 1. The third-order valence-electron chi connectivity index (χ3n) is 5.55. The first-order chi connectivity index (χ1) is 10.2. The summed E-state index contributed by atoms with van der Waals surface area (Å²) in [6.07, 6.45) is 6.96. The molecule has 3 unspecified atom stereocenters. The SMILES string of the molecule is COC1CCCC(C2(C(=O)O)CCCc3ccccc32)C1. The topological polar surface area (TPSA) is 46.5 Å². The summed E-state index contributed by atoms with van der Waals surface area (Å²) in [4.78, 5) is 12.3. The molecule has 2 aliphatic carbocycles. The lowest BCUT2D eigenvalue weighted by molar-refractivity contribution is -0.148. The summed E-state index contributed by atoms with van der Waals surface area (Å²) in [5.74, 6) is -0.452. The number of carboxylic acids is 1. The molecule has 114 valence electrons. The number of carboxylic acid groups (broad SMARTS) is 1. The van der Waals surface area contributed by atoms with E-state index in [0.717, 1.165) is 50.5 Å². The molecule has 1 aromatic carbocycles. The average Bonchev–Trinajstić information content (AvgIpc) is 2.54. The zero-order chi connectivity index (χ0) is 14.9. The van der Waals surface area contributed by atoms with E-state index >= 15 is 0 Å². The molecule has 0 bridgehead atoms. The molecule has 1 N–H and O–H groups in total. The van der Waals surface area contributed by atoms with E-state index in [2.05, 4.69) is 6.07 Å². The minimum absolute atomic E-state index is 0.190. The van der Waals surface area contributed by atoms with Crippen molar-refractivity contribution in [2.24, 2.45) is 5.92 Å². The monoisotopic (exact) mass is 288 g/mol. The van der Waals surface area contributed by atoms with Crippen LogP contribution in [0.3, 0.4) is 0 Å². The van der Waals surface area contributed by atoms with Gasteiger partial charge in [0.15, 0.2) is 0 Å². The van der Waals surface area contributed by atoms with E-state index in [0.29, 0.717) is 0 Å². The quantitative estimate of drug-likeness (QED) is 0.925. The van der Waals surface area contributed by atoms with Gasteiger partial charge in [-0.2, -0.15) is 0 Å². The van der Waals surface area contributed by atoms with E-state index in [4.69, 9.17) is 4.74 Å². The number of benzene rings is 1. The van der Waals surface area contributed by atoms with Gasteiger partial charge in [0, 0.05) is 7.11 Å². The first kappa shape index (κ1) is 14.6. The van der Waals surface area contributed by atoms with Gasteiger partial charge in [-0.15, -0.1) is 0 Å². The largest absolute Gasteiger partial charge is 0.481 e. The fraction of sp³-hybridized carbons (Fsp3) is 0.611. The number of methoxy groups -OCH3 is 1. The Morgan fingerprint density at radius 3 is 2.86 bits per heavy atom. The van der Waals surface area contributed by atoms with Gasteiger partial charge in [-0.05, 0) is 55.6 Å². The lowest BCUT2D eigenvalue weighted by Gasteiger charge is -2.44. The second-order valence-electron chi connectivity index (χ2n) is 6.51. The Bertz CT molecular complexity index is 525. The zero-order valence-corrected chi connectivity index (χ0v) is 12.7. The Labute approximate surface area is 126 Å². The number of hydrogen-bond acceptors (Lipinski definition) is 2. The van der Waals surface area contributed by atoms with E-state index in [1.807, 2.05) is 18.2 Å². The third kappa shape index (κ3) is 2.38. The number of aryl methyl sites for hydroxylation is 1. The van der Waals surface area contributed by atoms with E-state index in [-0.39, 0.29) is 12.0 Å². The van der Waals surface area contributed by atoms with E-state index in [9.17, 15) is 9.90 Å². The molecule has 0 radical (unpaired) electrons. The molecule has 3 nitrogen and oxygen atoms in total. The van der Waals surface area contributed by atoms with Crippen molar-refractivity contribution in [2.75, 3.05) is 7.11 Å². The number of carbonyl (C=O) groups is 1. The lowest BCUT2D eigenvalue weighted by Crippen LogP contribution is -2.48. The van der Waals surface area contributed by atoms with Crippen LogP contribution in [0.25, 0.3) is 0 Å². The van der Waals surface area contributed by atoms with Crippen LogP contribution in [-0.2, 0) is 21.4 Å². The highest BCUT2D eigenvalue weighted by Gasteiger charge is 2.50. The summed E-state index contributed by atoms with van der Waals surface area (Å²) < 4.78 is 5.53. The molecule has 21 heavy (non-hydrogen) atoms. The maximum Gasteiger partial charge on any atom is 0.314 e. The normalized spacial score (nSPS) is 32.4. The van der Waals surface area contributed by atoms with Crippen LogP contribution < -0.4 is 0 Å². The van der Waals surface area contributed by atoms with Crippen molar-refractivity contribution in [1.82, 2.24) is 0 Å². The fourth-order valence-corrected chi connectivity index (χ4v) is 4.49. The molecule has 3 heteroatoms. The molecular formula is C18H24O3. The third-order valence-corrected chi connectivity index (χ3v) is 5.55. The number of hydrogen-bond donors (Lipinski definition) is 1. The van der Waals surface area contributed by atoms with Gasteiger partial charge in [-0.1, -0.05) is 30.7 Å². The molecule has 2 aliphatic rings. The predicted octanol–water partition coefficient (Wildman–Crippen LogP) is 3.55. The van der Waals surface area contributed by atoms with Gasteiger partial charge in [0.25, 0.3) is 0 Å². The van der Waals surface area contributed by atoms with Crippen LogP contribution >= 0.6 is 0 Å². The molecule has 0 aliphatic heterocycles. The van der Waals surface area contributed by atoms with E-state index in [1.165, 1.54) is 5.56 Å². The second kappa shape index (κ2) is 5.80. The van der Waals surface area contributed by atoms with Crippen molar-refractivity contribution < 1.29 is 14.6 Å². The summed E-state index contributed by atoms with van der Waals surface area (Å²) in [6.45, 7) is 0. The molecule has 0 spiro atoms. The highest BCUT2D eigenvalue weighted by Crippen LogP contribution is 2.48. The van der Waals surface area contributed by atoms with Crippen LogP contribution in [0.4, 0.5) is 0 Å². The van der Waals surface area contributed by atoms with Gasteiger partial charge < -0.3 is 9.84 Å². The van der Waals surface area contributed by atoms with Crippen LogP contribution in [0, 0.1) is 5.92 Å². The lowest BCUT2D eigenvalue weighted by atomic mass is 9.59. The summed E-state index contributed by atoms with van der Waals surface area (Å²) in [7, 11) is 1.75. The van der Waals surface area contributed by atoms with Crippen molar-refractivity contribution in [3.05, 3.63) is 35.4 Å². The molecule has 3 rings (SSSR count). The molecule has 0 heterocycles. The minimum Gasteiger partial charge on any atom is -0.481 e. The molecule has 0 saturated heterocycles. The molecular weight excluding hydrogens is 264 g/mol. The van der Waals surface area contributed by atoms with Crippen LogP contribution in [0.2, 0.25) is 0 Å². The van der Waals surface area contributed by atoms with Gasteiger partial charge in [-0.3, -0.25) is 4.79 Å². The summed E-state index contributed by atoms with van der Waals surface area (Å²) >= 11 is 0. The Morgan fingerprint density at radius 2 is 2.10 bits per heavy atom. The second-order valence-corrected chi connectivity index (χ2v) is 6.51. The Kier molecular flexibility index (Phi) is 4.03. The van der Waals surface area contributed by atoms with Crippen LogP contribution in [0.5, 0.6) is 0 Å². The molecule has 1 fully saturated rings. The summed E-state index contributed by atoms with van der Waals surface area (Å²) in [6, 6.07) is 8.15. The maximum absolute atomic E-state index is 12.3. The van der Waals surface area contributed by atoms with Gasteiger partial charge >= 0.3 is 5.97 Å². The van der Waals surface area contributed by atoms with Crippen LogP contribution in [0.1, 0.15) is 49.7 Å². The first-order valence-corrected chi connectivity index (χ1v) is 8.03. The van der Waals surface area contributed by atoms with Crippen molar-refractivity contribution in [1.29, 1.82) is 0 Å². The zero-order valence-electron chi connectivity index (χ0n) is 12.7. The summed E-state index contributed by atoms with van der Waals surface area (Å²) in [5.41, 5.74) is 1.59. The van der Waals surface area contributed by atoms with Crippen LogP contribution in [-0.4, -0.2) is 24.3 Å². The molecule has 0 aromatic heterocycles. The van der Waals surface area contributed by atoms with Crippen molar-refractivity contribution in [2.45, 2.75) is 56.5 Å². The number of fused-ring (bicyclic) bond motifs is 1. The maximum atomic E-state index is 12.3. The fourth-order valence-electron chi connectivity index (χ4n) is 4.49. The van der Waals surface area contributed by atoms with Gasteiger partial charge in [0.1, 0.15) is 0 Å². The smallest absolute Gasteiger partial charge is 0.314 e. The highest BCUT2D eigenvalue weighted by molar-refractivity contribution is 5.83. The molecule has 3 atom stereocenters. The average molecular weight is 288 g/mol. The predicted molar refractivity (Wildman–Crippen MR) is 81.4 cm³/mol. The van der Waals surface area contributed by atoms with E-state index in [1.54, 1.807) is 7.11 Å². The van der Waals surface area contributed by atoms with E-state index < -0.39 is 11.4 Å².